The van der Waals surface area contributed by atoms with E-state index in [-0.39, 0.29) is 5.91 Å². The molecule has 0 radical (unpaired) electrons. The summed E-state index contributed by atoms with van der Waals surface area (Å²) in [4.78, 5) is 16.9. The van der Waals surface area contributed by atoms with Gasteiger partial charge < -0.3 is 5.32 Å². The first kappa shape index (κ1) is 16.0. The number of rotatable bonds is 5. The second-order valence-electron chi connectivity index (χ2n) is 5.33. The molecular formula is C18H18N2OS2. The normalized spacial score (nSPS) is 10.9. The fourth-order valence-electron chi connectivity index (χ4n) is 2.14. The highest BCUT2D eigenvalue weighted by Crippen LogP contribution is 2.31. The summed E-state index contributed by atoms with van der Waals surface area (Å²) in [6, 6.07) is 13.4. The molecule has 118 valence electrons. The molecule has 1 aromatic heterocycles. The Morgan fingerprint density at radius 2 is 2.00 bits per heavy atom. The lowest BCUT2D eigenvalue weighted by molar-refractivity contribution is 0.102. The highest BCUT2D eigenvalue weighted by Gasteiger charge is 2.08. The third-order valence-corrected chi connectivity index (χ3v) is 5.74. The molecular weight excluding hydrogens is 324 g/mol. The van der Waals surface area contributed by atoms with Crippen molar-refractivity contribution < 1.29 is 4.79 Å². The maximum absolute atomic E-state index is 12.3. The van der Waals surface area contributed by atoms with Gasteiger partial charge in [0.05, 0.1) is 10.2 Å². The summed E-state index contributed by atoms with van der Waals surface area (Å²) in [5, 5.41) is 2.96. The van der Waals surface area contributed by atoms with Crippen molar-refractivity contribution in [1.29, 1.82) is 0 Å². The van der Waals surface area contributed by atoms with Crippen molar-refractivity contribution in [1.82, 2.24) is 4.98 Å². The van der Waals surface area contributed by atoms with E-state index in [9.17, 15) is 4.79 Å². The van der Waals surface area contributed by atoms with Gasteiger partial charge in [0.15, 0.2) is 4.34 Å². The third kappa shape index (κ3) is 3.92. The number of anilines is 1. The van der Waals surface area contributed by atoms with Crippen LogP contribution in [-0.4, -0.2) is 16.6 Å². The Hall–Kier alpha value is -1.85. The van der Waals surface area contributed by atoms with Gasteiger partial charge in [0.25, 0.3) is 5.91 Å². The van der Waals surface area contributed by atoms with Gasteiger partial charge in [-0.1, -0.05) is 36.4 Å². The molecule has 0 aliphatic rings. The van der Waals surface area contributed by atoms with Crippen LogP contribution in [0.25, 0.3) is 10.2 Å². The van der Waals surface area contributed by atoms with Gasteiger partial charge in [0.2, 0.25) is 0 Å². The van der Waals surface area contributed by atoms with Gasteiger partial charge in [-0.3, -0.25) is 4.79 Å². The lowest BCUT2D eigenvalue weighted by Gasteiger charge is -2.05. The van der Waals surface area contributed by atoms with Crippen LogP contribution >= 0.6 is 23.1 Å². The summed E-state index contributed by atoms with van der Waals surface area (Å²) in [5.74, 6) is 0.992. The van der Waals surface area contributed by atoms with Crippen LogP contribution < -0.4 is 5.32 Å². The van der Waals surface area contributed by atoms with Crippen molar-refractivity contribution in [2.24, 2.45) is 0 Å². The molecule has 3 aromatic rings. The topological polar surface area (TPSA) is 42.0 Å². The Kier molecular flexibility index (Phi) is 4.98. The average molecular weight is 342 g/mol. The number of thiazole rings is 1. The summed E-state index contributed by atoms with van der Waals surface area (Å²) < 4.78 is 2.19. The van der Waals surface area contributed by atoms with E-state index < -0.39 is 0 Å². The van der Waals surface area contributed by atoms with E-state index in [1.807, 2.05) is 49.4 Å². The van der Waals surface area contributed by atoms with E-state index in [1.54, 1.807) is 23.1 Å². The lowest BCUT2D eigenvalue weighted by Crippen LogP contribution is -2.11. The third-order valence-electron chi connectivity index (χ3n) is 3.37. The van der Waals surface area contributed by atoms with Crippen molar-refractivity contribution in [3.8, 4) is 0 Å². The fraction of sp³-hybridized carbons (Fsp3) is 0.222. The molecule has 0 saturated carbocycles. The summed E-state index contributed by atoms with van der Waals surface area (Å²) >= 11 is 3.46. The van der Waals surface area contributed by atoms with Crippen LogP contribution in [-0.2, 0) is 0 Å². The van der Waals surface area contributed by atoms with E-state index in [2.05, 4.69) is 17.2 Å². The highest BCUT2D eigenvalue weighted by atomic mass is 32.2. The van der Waals surface area contributed by atoms with Gasteiger partial charge in [-0.2, -0.15) is 0 Å². The minimum absolute atomic E-state index is 0.0885. The maximum atomic E-state index is 12.3. The molecule has 0 aliphatic carbocycles. The average Bonchev–Trinajstić information content (AvgIpc) is 2.95. The maximum Gasteiger partial charge on any atom is 0.255 e. The second-order valence-corrected chi connectivity index (χ2v) is 7.70. The first-order valence-corrected chi connectivity index (χ1v) is 9.37. The number of nitrogens with zero attached hydrogens (tertiary/aromatic N) is 1. The largest absolute Gasteiger partial charge is 0.322 e. The molecule has 3 rings (SSSR count). The first-order valence-electron chi connectivity index (χ1n) is 7.57. The molecule has 23 heavy (non-hydrogen) atoms. The minimum Gasteiger partial charge on any atom is -0.322 e. The number of nitrogens with one attached hydrogen (secondary N) is 1. The number of carbonyl (C=O) groups excluding carboxylic acids is 1. The van der Waals surface area contributed by atoms with E-state index in [1.165, 1.54) is 0 Å². The first-order chi connectivity index (χ1) is 11.2. The number of amides is 1. The fourth-order valence-corrected chi connectivity index (χ4v) is 4.17. The van der Waals surface area contributed by atoms with E-state index in [4.69, 9.17) is 0 Å². The van der Waals surface area contributed by atoms with Gasteiger partial charge in [0, 0.05) is 17.0 Å². The molecule has 3 nitrogen and oxygen atoms in total. The summed E-state index contributed by atoms with van der Waals surface area (Å²) in [6.45, 7) is 4.17. The molecule has 0 atom stereocenters. The van der Waals surface area contributed by atoms with Crippen molar-refractivity contribution >= 4 is 44.9 Å². The van der Waals surface area contributed by atoms with Gasteiger partial charge in [-0.05, 0) is 43.7 Å². The number of benzene rings is 2. The van der Waals surface area contributed by atoms with Crippen LogP contribution in [0.4, 0.5) is 5.69 Å². The Bertz CT molecular complexity index is 825. The van der Waals surface area contributed by atoms with E-state index in [0.29, 0.717) is 5.56 Å². The Labute approximate surface area is 144 Å². The number of aryl methyl sites for hydroxylation is 1. The van der Waals surface area contributed by atoms with Crippen LogP contribution in [0.2, 0.25) is 0 Å². The molecule has 0 bridgehead atoms. The smallest absolute Gasteiger partial charge is 0.255 e. The minimum atomic E-state index is -0.0885. The molecule has 1 heterocycles. The lowest BCUT2D eigenvalue weighted by atomic mass is 10.1. The van der Waals surface area contributed by atoms with Crippen LogP contribution in [0.5, 0.6) is 0 Å². The molecule has 0 aliphatic heterocycles. The van der Waals surface area contributed by atoms with E-state index >= 15 is 0 Å². The van der Waals surface area contributed by atoms with Crippen molar-refractivity contribution in [3.63, 3.8) is 0 Å². The second kappa shape index (κ2) is 7.15. The Morgan fingerprint density at radius 3 is 2.74 bits per heavy atom. The molecule has 1 amide bonds. The molecule has 0 unspecified atom stereocenters. The predicted octanol–water partition coefficient (Wildman–Crippen LogP) is 5.36. The number of hydrogen-bond acceptors (Lipinski definition) is 4. The Balaban J connectivity index is 1.77. The quantitative estimate of drug-likeness (QED) is 0.635. The zero-order chi connectivity index (χ0) is 16.2. The summed E-state index contributed by atoms with van der Waals surface area (Å²) in [5.41, 5.74) is 3.60. The standard InChI is InChI=1S/C18H18N2OS2/c1-3-10-22-18-20-15-9-8-14(11-16(15)23-18)19-17(21)13-6-4-12(2)5-7-13/h4-9,11H,3,10H2,1-2H3,(H,19,21). The number of carbonyl (C=O) groups is 1. The SMILES string of the molecule is CCCSc1nc2ccc(NC(=O)c3ccc(C)cc3)cc2s1. The van der Waals surface area contributed by atoms with Crippen LogP contribution in [0.1, 0.15) is 29.3 Å². The number of thioether (sulfide) groups is 1. The predicted molar refractivity (Wildman–Crippen MR) is 99.8 cm³/mol. The molecule has 0 fully saturated rings. The van der Waals surface area contributed by atoms with Crippen LogP contribution in [0.15, 0.2) is 46.8 Å². The highest BCUT2D eigenvalue weighted by molar-refractivity contribution is 8.01. The Morgan fingerprint density at radius 1 is 1.22 bits per heavy atom. The zero-order valence-electron chi connectivity index (χ0n) is 13.1. The van der Waals surface area contributed by atoms with Gasteiger partial charge >= 0.3 is 0 Å². The van der Waals surface area contributed by atoms with Gasteiger partial charge in [0.1, 0.15) is 0 Å². The molecule has 0 spiro atoms. The van der Waals surface area contributed by atoms with E-state index in [0.717, 1.165) is 38.0 Å². The number of aromatic nitrogens is 1. The molecule has 2 aromatic carbocycles. The van der Waals surface area contributed by atoms with Gasteiger partial charge in [-0.15, -0.1) is 11.3 Å². The molecule has 5 heteroatoms. The number of hydrogen-bond donors (Lipinski definition) is 1. The summed E-state index contributed by atoms with van der Waals surface area (Å²) in [6.07, 6.45) is 1.14. The van der Waals surface area contributed by atoms with Crippen molar-refractivity contribution in [2.45, 2.75) is 24.6 Å². The van der Waals surface area contributed by atoms with Crippen molar-refractivity contribution in [3.05, 3.63) is 53.6 Å². The zero-order valence-corrected chi connectivity index (χ0v) is 14.8. The summed E-state index contributed by atoms with van der Waals surface area (Å²) in [7, 11) is 0. The van der Waals surface area contributed by atoms with Crippen molar-refractivity contribution in [2.75, 3.05) is 11.1 Å². The number of fused-ring (bicyclic) bond motifs is 1. The van der Waals surface area contributed by atoms with Crippen LogP contribution in [0, 0.1) is 6.92 Å². The molecule has 1 N–H and O–H groups in total. The monoisotopic (exact) mass is 342 g/mol. The molecule has 0 saturated heterocycles. The van der Waals surface area contributed by atoms with Crippen LogP contribution in [0.3, 0.4) is 0 Å². The van der Waals surface area contributed by atoms with Gasteiger partial charge in [-0.25, -0.2) is 4.98 Å².